The van der Waals surface area contributed by atoms with E-state index in [1.807, 2.05) is 4.68 Å². The van der Waals surface area contributed by atoms with E-state index in [1.165, 1.54) is 5.57 Å². The molecule has 0 aliphatic heterocycles. The molecule has 1 rings (SSSR count). The van der Waals surface area contributed by atoms with Crippen molar-refractivity contribution in [2.75, 3.05) is 26.8 Å². The molecule has 0 radical (unpaired) electrons. The molecule has 0 amide bonds. The molecule has 1 aromatic rings. The van der Waals surface area contributed by atoms with E-state index in [2.05, 4.69) is 42.2 Å². The van der Waals surface area contributed by atoms with Gasteiger partial charge in [-0.25, -0.2) is 9.67 Å². The zero-order chi connectivity index (χ0) is 14.8. The van der Waals surface area contributed by atoms with Gasteiger partial charge in [-0.1, -0.05) is 25.5 Å². The third-order valence-electron chi connectivity index (χ3n) is 2.97. The van der Waals surface area contributed by atoms with Crippen LogP contribution in [0.4, 0.5) is 0 Å². The number of hydrogen-bond donors (Lipinski definition) is 1. The van der Waals surface area contributed by atoms with E-state index in [-0.39, 0.29) is 0 Å². The van der Waals surface area contributed by atoms with Gasteiger partial charge in [-0.3, -0.25) is 0 Å². The van der Waals surface area contributed by atoms with Crippen molar-refractivity contribution in [3.63, 3.8) is 0 Å². The molecule has 0 aliphatic rings. The van der Waals surface area contributed by atoms with E-state index < -0.39 is 0 Å². The maximum atomic E-state index is 4.99. The fourth-order valence-corrected chi connectivity index (χ4v) is 1.96. The fraction of sp³-hybridized carbons (Fsp3) is 0.733. The van der Waals surface area contributed by atoms with Crippen LogP contribution in [0.15, 0.2) is 18.0 Å². The van der Waals surface area contributed by atoms with Gasteiger partial charge in [0, 0.05) is 26.6 Å². The molecule has 0 atom stereocenters. The summed E-state index contributed by atoms with van der Waals surface area (Å²) in [5.74, 6) is 1.64. The highest BCUT2D eigenvalue weighted by atomic mass is 16.5. The zero-order valence-electron chi connectivity index (χ0n) is 13.2. The number of ether oxygens (including phenoxy) is 1. The summed E-state index contributed by atoms with van der Waals surface area (Å²) >= 11 is 0. The van der Waals surface area contributed by atoms with Crippen molar-refractivity contribution in [2.24, 2.45) is 5.92 Å². The van der Waals surface area contributed by atoms with E-state index in [4.69, 9.17) is 4.74 Å². The summed E-state index contributed by atoms with van der Waals surface area (Å²) in [6.45, 7) is 10.1. The first-order valence-corrected chi connectivity index (χ1v) is 7.35. The second-order valence-electron chi connectivity index (χ2n) is 5.51. The van der Waals surface area contributed by atoms with Crippen LogP contribution in [0.1, 0.15) is 33.0 Å². The molecule has 0 aliphatic carbocycles. The highest BCUT2D eigenvalue weighted by Gasteiger charge is 2.06. The summed E-state index contributed by atoms with van der Waals surface area (Å²) in [4.78, 5) is 4.36. The summed E-state index contributed by atoms with van der Waals surface area (Å²) < 4.78 is 7.00. The number of nitrogens with zero attached hydrogens (tertiary/aromatic N) is 3. The van der Waals surface area contributed by atoms with Crippen molar-refractivity contribution in [3.05, 3.63) is 23.8 Å². The van der Waals surface area contributed by atoms with Gasteiger partial charge in [-0.2, -0.15) is 5.10 Å². The summed E-state index contributed by atoms with van der Waals surface area (Å²) in [7, 11) is 1.72. The minimum Gasteiger partial charge on any atom is -0.383 e. The molecule has 5 heteroatoms. The second-order valence-corrected chi connectivity index (χ2v) is 5.51. The third kappa shape index (κ3) is 6.82. The third-order valence-corrected chi connectivity index (χ3v) is 2.97. The van der Waals surface area contributed by atoms with Gasteiger partial charge >= 0.3 is 0 Å². The summed E-state index contributed by atoms with van der Waals surface area (Å²) in [6, 6.07) is 0. The summed E-state index contributed by atoms with van der Waals surface area (Å²) in [6.07, 6.45) is 5.84. The van der Waals surface area contributed by atoms with E-state index in [1.54, 1.807) is 13.4 Å². The predicted molar refractivity (Wildman–Crippen MR) is 81.7 cm³/mol. The van der Waals surface area contributed by atoms with Crippen molar-refractivity contribution < 1.29 is 4.74 Å². The standard InChI is InChI=1S/C15H28N4O/c1-13(2)11-19-15(17-12-18-19)10-14(3)6-5-7-16-8-9-20-4/h6,12-13,16H,5,7-11H2,1-4H3. The van der Waals surface area contributed by atoms with Crippen LogP contribution in [0.2, 0.25) is 0 Å². The normalized spacial score (nSPS) is 12.3. The smallest absolute Gasteiger partial charge is 0.138 e. The highest BCUT2D eigenvalue weighted by molar-refractivity contribution is 5.06. The molecule has 1 N–H and O–H groups in total. The number of methoxy groups -OCH3 is 1. The van der Waals surface area contributed by atoms with Crippen LogP contribution in [0.3, 0.4) is 0 Å². The molecule has 0 unspecified atom stereocenters. The Morgan fingerprint density at radius 3 is 2.95 bits per heavy atom. The minimum atomic E-state index is 0.588. The first-order valence-electron chi connectivity index (χ1n) is 7.35. The molecule has 1 heterocycles. The van der Waals surface area contributed by atoms with Crippen LogP contribution in [-0.4, -0.2) is 41.6 Å². The van der Waals surface area contributed by atoms with Crippen LogP contribution >= 0.6 is 0 Å². The molecular formula is C15H28N4O. The largest absolute Gasteiger partial charge is 0.383 e. The molecule has 0 saturated heterocycles. The number of nitrogens with one attached hydrogen (secondary N) is 1. The molecule has 0 spiro atoms. The van der Waals surface area contributed by atoms with Gasteiger partial charge in [0.1, 0.15) is 12.2 Å². The molecule has 20 heavy (non-hydrogen) atoms. The molecule has 0 aromatic carbocycles. The van der Waals surface area contributed by atoms with Crippen LogP contribution in [0.5, 0.6) is 0 Å². The van der Waals surface area contributed by atoms with E-state index in [0.29, 0.717) is 5.92 Å². The summed E-state index contributed by atoms with van der Waals surface area (Å²) in [5.41, 5.74) is 1.34. The van der Waals surface area contributed by atoms with Crippen LogP contribution in [-0.2, 0) is 17.7 Å². The van der Waals surface area contributed by atoms with Crippen molar-refractivity contribution in [3.8, 4) is 0 Å². The number of aromatic nitrogens is 3. The van der Waals surface area contributed by atoms with Crippen molar-refractivity contribution in [1.82, 2.24) is 20.1 Å². The average molecular weight is 280 g/mol. The summed E-state index contributed by atoms with van der Waals surface area (Å²) in [5, 5.41) is 7.63. The van der Waals surface area contributed by atoms with Gasteiger partial charge in [0.15, 0.2) is 0 Å². The lowest BCUT2D eigenvalue weighted by molar-refractivity contribution is 0.199. The lowest BCUT2D eigenvalue weighted by atomic mass is 10.1. The first kappa shape index (κ1) is 16.9. The van der Waals surface area contributed by atoms with Crippen molar-refractivity contribution in [2.45, 2.75) is 40.2 Å². The Kier molecular flexibility index (Phi) is 8.14. The van der Waals surface area contributed by atoms with Crippen molar-refractivity contribution in [1.29, 1.82) is 0 Å². The topological polar surface area (TPSA) is 52.0 Å². The van der Waals surface area contributed by atoms with E-state index in [0.717, 1.165) is 44.9 Å². The SMILES string of the molecule is COCCNCCC=C(C)Cc1ncnn1CC(C)C. The average Bonchev–Trinajstić information content (AvgIpc) is 2.80. The monoisotopic (exact) mass is 280 g/mol. The Labute approximate surface area is 122 Å². The van der Waals surface area contributed by atoms with Crippen LogP contribution < -0.4 is 5.32 Å². The van der Waals surface area contributed by atoms with E-state index >= 15 is 0 Å². The molecule has 0 saturated carbocycles. The van der Waals surface area contributed by atoms with Gasteiger partial charge in [0.2, 0.25) is 0 Å². The Morgan fingerprint density at radius 2 is 2.25 bits per heavy atom. The molecule has 1 aromatic heterocycles. The molecular weight excluding hydrogens is 252 g/mol. The van der Waals surface area contributed by atoms with Crippen LogP contribution in [0, 0.1) is 5.92 Å². The van der Waals surface area contributed by atoms with E-state index in [9.17, 15) is 0 Å². The number of rotatable bonds is 10. The highest BCUT2D eigenvalue weighted by Crippen LogP contribution is 2.07. The van der Waals surface area contributed by atoms with Gasteiger partial charge in [-0.15, -0.1) is 0 Å². The zero-order valence-corrected chi connectivity index (χ0v) is 13.2. The maximum Gasteiger partial charge on any atom is 0.138 e. The number of hydrogen-bond acceptors (Lipinski definition) is 4. The molecule has 5 nitrogen and oxygen atoms in total. The lowest BCUT2D eigenvalue weighted by Crippen LogP contribution is -2.19. The Balaban J connectivity index is 2.34. The first-order chi connectivity index (χ1) is 9.63. The molecule has 0 bridgehead atoms. The lowest BCUT2D eigenvalue weighted by Gasteiger charge is -2.08. The quantitative estimate of drug-likeness (QED) is 0.526. The molecule has 0 fully saturated rings. The van der Waals surface area contributed by atoms with Gasteiger partial charge in [0.25, 0.3) is 0 Å². The predicted octanol–water partition coefficient (Wildman–Crippen LogP) is 2.05. The molecule has 114 valence electrons. The Bertz CT molecular complexity index is 398. The Hall–Kier alpha value is -1.20. The second kappa shape index (κ2) is 9.66. The van der Waals surface area contributed by atoms with Gasteiger partial charge in [-0.05, 0) is 25.8 Å². The van der Waals surface area contributed by atoms with Gasteiger partial charge < -0.3 is 10.1 Å². The minimum absolute atomic E-state index is 0.588. The van der Waals surface area contributed by atoms with Crippen molar-refractivity contribution >= 4 is 0 Å². The fourth-order valence-electron chi connectivity index (χ4n) is 1.96. The Morgan fingerprint density at radius 1 is 1.45 bits per heavy atom. The maximum absolute atomic E-state index is 4.99. The van der Waals surface area contributed by atoms with Gasteiger partial charge in [0.05, 0.1) is 6.61 Å². The van der Waals surface area contributed by atoms with Crippen LogP contribution in [0.25, 0.3) is 0 Å². The number of allylic oxidation sites excluding steroid dienone is 1.